The summed E-state index contributed by atoms with van der Waals surface area (Å²) in [5.74, 6) is -0.135. The molecule has 1 atom stereocenters. The topological polar surface area (TPSA) is 78.9 Å². The molecule has 1 heterocycles. The maximum atomic E-state index is 12.8. The highest BCUT2D eigenvalue weighted by Crippen LogP contribution is 2.39. The van der Waals surface area contributed by atoms with Crippen molar-refractivity contribution in [2.45, 2.75) is 29.9 Å². The predicted molar refractivity (Wildman–Crippen MR) is 84.7 cm³/mol. The second-order valence-electron chi connectivity index (χ2n) is 5.20. The SMILES string of the molecule is CCOC(=O)C1Oc2cc(C)c(S(=O)(=O)c3ccccc3)cc2O1. The highest BCUT2D eigenvalue weighted by atomic mass is 32.2. The van der Waals surface area contributed by atoms with Gasteiger partial charge >= 0.3 is 12.3 Å². The maximum absolute atomic E-state index is 12.8. The van der Waals surface area contributed by atoms with Crippen molar-refractivity contribution in [1.82, 2.24) is 0 Å². The van der Waals surface area contributed by atoms with Crippen LogP contribution in [0.3, 0.4) is 0 Å². The van der Waals surface area contributed by atoms with E-state index in [-0.39, 0.29) is 22.1 Å². The number of rotatable bonds is 4. The molecule has 0 saturated heterocycles. The van der Waals surface area contributed by atoms with Gasteiger partial charge in [-0.15, -0.1) is 0 Å². The Labute approximate surface area is 139 Å². The molecule has 2 aromatic carbocycles. The zero-order valence-corrected chi connectivity index (χ0v) is 14.0. The molecule has 126 valence electrons. The zero-order chi connectivity index (χ0) is 17.3. The van der Waals surface area contributed by atoms with Crippen molar-refractivity contribution >= 4 is 15.8 Å². The molecule has 2 aromatic rings. The van der Waals surface area contributed by atoms with Gasteiger partial charge in [0.15, 0.2) is 11.5 Å². The van der Waals surface area contributed by atoms with Gasteiger partial charge in [-0.3, -0.25) is 0 Å². The van der Waals surface area contributed by atoms with Crippen LogP contribution >= 0.6 is 0 Å². The van der Waals surface area contributed by atoms with E-state index in [0.717, 1.165) is 0 Å². The van der Waals surface area contributed by atoms with Gasteiger partial charge in [0.1, 0.15) is 0 Å². The van der Waals surface area contributed by atoms with Crippen LogP contribution in [0.2, 0.25) is 0 Å². The van der Waals surface area contributed by atoms with Crippen LogP contribution in [0.15, 0.2) is 52.3 Å². The van der Waals surface area contributed by atoms with Gasteiger partial charge in [0, 0.05) is 6.07 Å². The number of benzene rings is 2. The number of ether oxygens (including phenoxy) is 3. The largest absolute Gasteiger partial charge is 0.460 e. The molecule has 1 aliphatic heterocycles. The first kappa shape index (κ1) is 16.3. The van der Waals surface area contributed by atoms with Crippen molar-refractivity contribution in [3.8, 4) is 11.5 Å². The Kier molecular flexibility index (Phi) is 4.19. The first-order valence-corrected chi connectivity index (χ1v) is 8.86. The summed E-state index contributed by atoms with van der Waals surface area (Å²) >= 11 is 0. The molecule has 0 aliphatic carbocycles. The van der Waals surface area contributed by atoms with Gasteiger partial charge in [0.05, 0.1) is 16.4 Å². The highest BCUT2D eigenvalue weighted by molar-refractivity contribution is 7.91. The smallest absolute Gasteiger partial charge is 0.389 e. The molecule has 3 rings (SSSR count). The number of esters is 1. The van der Waals surface area contributed by atoms with Gasteiger partial charge < -0.3 is 14.2 Å². The first-order valence-electron chi connectivity index (χ1n) is 7.38. The fourth-order valence-electron chi connectivity index (χ4n) is 2.40. The van der Waals surface area contributed by atoms with E-state index in [4.69, 9.17) is 14.2 Å². The lowest BCUT2D eigenvalue weighted by molar-refractivity contribution is -0.161. The molecule has 24 heavy (non-hydrogen) atoms. The number of fused-ring (bicyclic) bond motifs is 1. The van der Waals surface area contributed by atoms with Crippen molar-refractivity contribution in [3.05, 3.63) is 48.0 Å². The molecule has 0 saturated carbocycles. The van der Waals surface area contributed by atoms with E-state index in [1.807, 2.05) is 0 Å². The minimum atomic E-state index is -3.69. The maximum Gasteiger partial charge on any atom is 0.389 e. The number of hydrogen-bond acceptors (Lipinski definition) is 6. The Morgan fingerprint density at radius 2 is 1.75 bits per heavy atom. The Morgan fingerprint density at radius 3 is 2.38 bits per heavy atom. The van der Waals surface area contributed by atoms with Crippen LogP contribution in [-0.2, 0) is 19.4 Å². The lowest BCUT2D eigenvalue weighted by atomic mass is 10.2. The molecule has 7 heteroatoms. The summed E-state index contributed by atoms with van der Waals surface area (Å²) in [6.07, 6.45) is -1.21. The lowest BCUT2D eigenvalue weighted by Crippen LogP contribution is -2.30. The molecule has 6 nitrogen and oxygen atoms in total. The molecule has 0 amide bonds. The normalized spacial score (nSPS) is 16.0. The average Bonchev–Trinajstić information content (AvgIpc) is 2.98. The summed E-state index contributed by atoms with van der Waals surface area (Å²) in [6, 6.07) is 11.0. The van der Waals surface area contributed by atoms with Crippen molar-refractivity contribution in [2.75, 3.05) is 6.61 Å². The van der Waals surface area contributed by atoms with Crippen molar-refractivity contribution < 1.29 is 27.4 Å². The van der Waals surface area contributed by atoms with E-state index < -0.39 is 22.1 Å². The predicted octanol–water partition coefficient (Wildman–Crippen LogP) is 2.49. The van der Waals surface area contributed by atoms with Crippen molar-refractivity contribution in [1.29, 1.82) is 0 Å². The molecule has 0 aromatic heterocycles. The Balaban J connectivity index is 1.97. The van der Waals surface area contributed by atoms with Crippen LogP contribution in [0.5, 0.6) is 11.5 Å². The summed E-state index contributed by atoms with van der Waals surface area (Å²) in [4.78, 5) is 12.0. The monoisotopic (exact) mass is 348 g/mol. The first-order chi connectivity index (χ1) is 11.4. The van der Waals surface area contributed by atoms with Gasteiger partial charge in [-0.2, -0.15) is 0 Å². The van der Waals surface area contributed by atoms with Gasteiger partial charge in [-0.1, -0.05) is 18.2 Å². The van der Waals surface area contributed by atoms with Crippen LogP contribution in [0.4, 0.5) is 0 Å². The van der Waals surface area contributed by atoms with Crippen LogP contribution in [0.25, 0.3) is 0 Å². The van der Waals surface area contributed by atoms with Gasteiger partial charge in [-0.05, 0) is 37.6 Å². The fourth-order valence-corrected chi connectivity index (χ4v) is 3.92. The molecular weight excluding hydrogens is 332 g/mol. The molecule has 0 N–H and O–H groups in total. The number of carbonyl (C=O) groups excluding carboxylic acids is 1. The van der Waals surface area contributed by atoms with Crippen LogP contribution in [-0.4, -0.2) is 27.3 Å². The minimum absolute atomic E-state index is 0.112. The molecule has 0 spiro atoms. The van der Waals surface area contributed by atoms with Crippen LogP contribution in [0.1, 0.15) is 12.5 Å². The molecule has 0 radical (unpaired) electrons. The highest BCUT2D eigenvalue weighted by Gasteiger charge is 2.34. The summed E-state index contributed by atoms with van der Waals surface area (Å²) in [6.45, 7) is 3.54. The van der Waals surface area contributed by atoms with Crippen LogP contribution in [0, 0.1) is 6.92 Å². The van der Waals surface area contributed by atoms with E-state index in [1.165, 1.54) is 18.2 Å². The van der Waals surface area contributed by atoms with E-state index in [0.29, 0.717) is 11.3 Å². The molecule has 1 aliphatic rings. The van der Waals surface area contributed by atoms with Crippen molar-refractivity contribution in [3.63, 3.8) is 0 Å². The third-order valence-electron chi connectivity index (χ3n) is 3.53. The summed E-state index contributed by atoms with van der Waals surface area (Å²) in [5, 5.41) is 0. The minimum Gasteiger partial charge on any atom is -0.460 e. The van der Waals surface area contributed by atoms with Gasteiger partial charge in [0.25, 0.3) is 0 Å². The summed E-state index contributed by atoms with van der Waals surface area (Å²) < 4.78 is 41.2. The van der Waals surface area contributed by atoms with Gasteiger partial charge in [-0.25, -0.2) is 13.2 Å². The second kappa shape index (κ2) is 6.16. The number of sulfone groups is 1. The Hall–Kier alpha value is -2.54. The van der Waals surface area contributed by atoms with Crippen molar-refractivity contribution in [2.24, 2.45) is 0 Å². The third-order valence-corrected chi connectivity index (χ3v) is 5.44. The van der Waals surface area contributed by atoms with E-state index in [1.54, 1.807) is 38.1 Å². The molecular formula is C17H16O6S. The quantitative estimate of drug-likeness (QED) is 0.790. The number of hydrogen-bond donors (Lipinski definition) is 0. The zero-order valence-electron chi connectivity index (χ0n) is 13.2. The molecule has 0 bridgehead atoms. The van der Waals surface area contributed by atoms with Crippen LogP contribution < -0.4 is 9.47 Å². The molecule has 0 fully saturated rings. The third kappa shape index (κ3) is 2.82. The molecule has 1 unspecified atom stereocenters. The lowest BCUT2D eigenvalue weighted by Gasteiger charge is -2.09. The average molecular weight is 348 g/mol. The fraction of sp³-hybridized carbons (Fsp3) is 0.235. The Bertz CT molecular complexity index is 873. The summed E-state index contributed by atoms with van der Waals surface area (Å²) in [5.41, 5.74) is 0.505. The second-order valence-corrected chi connectivity index (χ2v) is 7.12. The Morgan fingerprint density at radius 1 is 1.12 bits per heavy atom. The standard InChI is InChI=1S/C17H16O6S/c1-3-21-16(18)17-22-13-9-11(2)15(10-14(13)23-17)24(19,20)12-7-5-4-6-8-12/h4-10,17H,3H2,1-2H3. The van der Waals surface area contributed by atoms with Gasteiger partial charge in [0.2, 0.25) is 9.84 Å². The number of carbonyl (C=O) groups is 1. The van der Waals surface area contributed by atoms with E-state index >= 15 is 0 Å². The van der Waals surface area contributed by atoms with E-state index in [2.05, 4.69) is 0 Å². The summed E-state index contributed by atoms with van der Waals surface area (Å²) in [7, 11) is -3.69. The number of aryl methyl sites for hydroxylation is 1. The van der Waals surface area contributed by atoms with E-state index in [9.17, 15) is 13.2 Å².